The van der Waals surface area contributed by atoms with Crippen LogP contribution in [0.25, 0.3) is 5.69 Å². The number of hydrogen-bond acceptors (Lipinski definition) is 4. The van der Waals surface area contributed by atoms with E-state index in [-0.39, 0.29) is 5.91 Å². The van der Waals surface area contributed by atoms with Crippen molar-refractivity contribution in [3.05, 3.63) is 65.4 Å². The van der Waals surface area contributed by atoms with Crippen molar-refractivity contribution >= 4 is 11.7 Å². The third-order valence-electron chi connectivity index (χ3n) is 3.99. The fourth-order valence-electron chi connectivity index (χ4n) is 2.68. The summed E-state index contributed by atoms with van der Waals surface area (Å²) in [6.07, 6.45) is 0. The van der Waals surface area contributed by atoms with E-state index in [9.17, 15) is 4.79 Å². The second-order valence-electron chi connectivity index (χ2n) is 5.98. The summed E-state index contributed by atoms with van der Waals surface area (Å²) in [6.45, 7) is 3.97. The first-order valence-corrected chi connectivity index (χ1v) is 8.18. The number of rotatable bonds is 5. The van der Waals surface area contributed by atoms with Crippen LogP contribution >= 0.6 is 0 Å². The molecule has 1 N–H and O–H groups in total. The van der Waals surface area contributed by atoms with Gasteiger partial charge in [-0.1, -0.05) is 12.1 Å². The maximum atomic E-state index is 12.6. The van der Waals surface area contributed by atoms with Crippen LogP contribution in [0, 0.1) is 13.8 Å². The summed E-state index contributed by atoms with van der Waals surface area (Å²) < 4.78 is 12.2. The molecule has 0 unspecified atom stereocenters. The number of ether oxygens (including phenoxy) is 2. The van der Waals surface area contributed by atoms with Crippen molar-refractivity contribution in [2.24, 2.45) is 0 Å². The number of hydrogen-bond donors (Lipinski definition) is 1. The van der Waals surface area contributed by atoms with Crippen molar-refractivity contribution in [1.82, 2.24) is 9.78 Å². The van der Waals surface area contributed by atoms with Crippen LogP contribution in [0.3, 0.4) is 0 Å². The SMILES string of the molecule is COc1cc(OC)cc(C(=O)Nc2cc(C)n(-c3cccc(C)c3)n2)c1. The molecule has 1 aromatic heterocycles. The van der Waals surface area contributed by atoms with Gasteiger partial charge in [0.25, 0.3) is 5.91 Å². The number of methoxy groups -OCH3 is 2. The van der Waals surface area contributed by atoms with E-state index >= 15 is 0 Å². The lowest BCUT2D eigenvalue weighted by Crippen LogP contribution is -2.13. The van der Waals surface area contributed by atoms with E-state index in [0.29, 0.717) is 22.9 Å². The minimum Gasteiger partial charge on any atom is -0.497 e. The Hall–Kier alpha value is -3.28. The minimum atomic E-state index is -0.281. The Labute approximate surface area is 152 Å². The highest BCUT2D eigenvalue weighted by atomic mass is 16.5. The van der Waals surface area contributed by atoms with E-state index in [0.717, 1.165) is 16.9 Å². The normalized spacial score (nSPS) is 10.5. The van der Waals surface area contributed by atoms with Gasteiger partial charge in [-0.05, 0) is 43.7 Å². The molecule has 26 heavy (non-hydrogen) atoms. The summed E-state index contributed by atoms with van der Waals surface area (Å²) in [6, 6.07) is 14.9. The van der Waals surface area contributed by atoms with Crippen molar-refractivity contribution < 1.29 is 14.3 Å². The van der Waals surface area contributed by atoms with Gasteiger partial charge in [0.15, 0.2) is 5.82 Å². The lowest BCUT2D eigenvalue weighted by molar-refractivity contribution is 0.102. The van der Waals surface area contributed by atoms with Gasteiger partial charge < -0.3 is 14.8 Å². The molecular weight excluding hydrogens is 330 g/mol. The van der Waals surface area contributed by atoms with Crippen LogP contribution in [0.15, 0.2) is 48.5 Å². The van der Waals surface area contributed by atoms with Crippen molar-refractivity contribution in [2.45, 2.75) is 13.8 Å². The molecule has 3 rings (SSSR count). The second-order valence-corrected chi connectivity index (χ2v) is 5.98. The molecule has 0 fully saturated rings. The van der Waals surface area contributed by atoms with Gasteiger partial charge in [-0.2, -0.15) is 0 Å². The van der Waals surface area contributed by atoms with Crippen molar-refractivity contribution in [2.75, 3.05) is 19.5 Å². The average molecular weight is 351 g/mol. The quantitative estimate of drug-likeness (QED) is 0.760. The van der Waals surface area contributed by atoms with Gasteiger partial charge in [-0.3, -0.25) is 4.79 Å². The zero-order valence-electron chi connectivity index (χ0n) is 15.2. The first-order valence-electron chi connectivity index (χ1n) is 8.18. The zero-order chi connectivity index (χ0) is 18.7. The van der Waals surface area contributed by atoms with Crippen LogP contribution in [-0.4, -0.2) is 29.9 Å². The highest BCUT2D eigenvalue weighted by molar-refractivity contribution is 6.04. The van der Waals surface area contributed by atoms with Crippen LogP contribution in [0.4, 0.5) is 5.82 Å². The number of carbonyl (C=O) groups excluding carboxylic acids is 1. The molecule has 0 radical (unpaired) electrons. The van der Waals surface area contributed by atoms with Crippen molar-refractivity contribution in [3.63, 3.8) is 0 Å². The number of nitrogens with zero attached hydrogens (tertiary/aromatic N) is 2. The van der Waals surface area contributed by atoms with E-state index in [1.54, 1.807) is 37.1 Å². The molecule has 0 aliphatic carbocycles. The molecule has 1 heterocycles. The Balaban J connectivity index is 1.86. The summed E-state index contributed by atoms with van der Waals surface area (Å²) in [7, 11) is 3.09. The molecular formula is C20H21N3O3. The number of carbonyl (C=O) groups is 1. The topological polar surface area (TPSA) is 65.4 Å². The highest BCUT2D eigenvalue weighted by Gasteiger charge is 2.13. The summed E-state index contributed by atoms with van der Waals surface area (Å²) >= 11 is 0. The van der Waals surface area contributed by atoms with Crippen molar-refractivity contribution in [1.29, 1.82) is 0 Å². The van der Waals surface area contributed by atoms with E-state index in [4.69, 9.17) is 9.47 Å². The summed E-state index contributed by atoms with van der Waals surface area (Å²) in [5, 5.41) is 7.32. The number of aromatic nitrogens is 2. The lowest BCUT2D eigenvalue weighted by Gasteiger charge is -2.08. The Morgan fingerprint density at radius 3 is 2.31 bits per heavy atom. The van der Waals surface area contributed by atoms with Gasteiger partial charge in [-0.15, -0.1) is 5.10 Å². The predicted molar refractivity (Wildman–Crippen MR) is 101 cm³/mol. The van der Waals surface area contributed by atoms with Crippen LogP contribution in [0.1, 0.15) is 21.6 Å². The fourth-order valence-corrected chi connectivity index (χ4v) is 2.68. The van der Waals surface area contributed by atoms with E-state index in [1.165, 1.54) is 0 Å². The highest BCUT2D eigenvalue weighted by Crippen LogP contribution is 2.23. The molecule has 0 aliphatic heterocycles. The van der Waals surface area contributed by atoms with Gasteiger partial charge in [0.05, 0.1) is 19.9 Å². The molecule has 6 nitrogen and oxygen atoms in total. The first-order chi connectivity index (χ1) is 12.5. The third kappa shape index (κ3) is 3.69. The molecule has 0 bridgehead atoms. The third-order valence-corrected chi connectivity index (χ3v) is 3.99. The maximum Gasteiger partial charge on any atom is 0.257 e. The molecule has 0 saturated carbocycles. The van der Waals surface area contributed by atoms with Crippen molar-refractivity contribution in [3.8, 4) is 17.2 Å². The number of nitrogens with one attached hydrogen (secondary N) is 1. The first kappa shape index (κ1) is 17.5. The van der Waals surface area contributed by atoms with Gasteiger partial charge in [0.2, 0.25) is 0 Å². The number of benzene rings is 2. The maximum absolute atomic E-state index is 12.6. The van der Waals surface area contributed by atoms with Gasteiger partial charge >= 0.3 is 0 Å². The molecule has 6 heteroatoms. The van der Waals surface area contributed by atoms with E-state index in [1.807, 2.05) is 44.2 Å². The summed E-state index contributed by atoms with van der Waals surface area (Å²) in [5.74, 6) is 1.30. The van der Waals surface area contributed by atoms with E-state index in [2.05, 4.69) is 10.4 Å². The van der Waals surface area contributed by atoms with Crippen LogP contribution in [0.2, 0.25) is 0 Å². The molecule has 2 aromatic carbocycles. The largest absolute Gasteiger partial charge is 0.497 e. The Kier molecular flexibility index (Phi) is 4.93. The Morgan fingerprint density at radius 2 is 1.69 bits per heavy atom. The molecule has 0 spiro atoms. The Bertz CT molecular complexity index is 925. The van der Waals surface area contributed by atoms with E-state index < -0.39 is 0 Å². The van der Waals surface area contributed by atoms with Gasteiger partial charge in [-0.25, -0.2) is 4.68 Å². The molecule has 0 atom stereocenters. The van der Waals surface area contributed by atoms with Gasteiger partial charge in [0.1, 0.15) is 11.5 Å². The number of aryl methyl sites for hydroxylation is 2. The monoisotopic (exact) mass is 351 g/mol. The Morgan fingerprint density at radius 1 is 1.00 bits per heavy atom. The second kappa shape index (κ2) is 7.31. The zero-order valence-corrected chi connectivity index (χ0v) is 15.2. The summed E-state index contributed by atoms with van der Waals surface area (Å²) in [5.41, 5.74) is 3.45. The van der Waals surface area contributed by atoms with Gasteiger partial charge in [0, 0.05) is 23.4 Å². The smallest absolute Gasteiger partial charge is 0.257 e. The average Bonchev–Trinajstić information content (AvgIpc) is 3.01. The molecule has 0 aliphatic rings. The molecule has 1 amide bonds. The predicted octanol–water partition coefficient (Wildman–Crippen LogP) is 3.76. The lowest BCUT2D eigenvalue weighted by atomic mass is 10.2. The van der Waals surface area contributed by atoms with Crippen LogP contribution < -0.4 is 14.8 Å². The van der Waals surface area contributed by atoms with Crippen LogP contribution in [-0.2, 0) is 0 Å². The minimum absolute atomic E-state index is 0.281. The number of amides is 1. The van der Waals surface area contributed by atoms with Crippen LogP contribution in [0.5, 0.6) is 11.5 Å². The molecule has 134 valence electrons. The summed E-state index contributed by atoms with van der Waals surface area (Å²) in [4.78, 5) is 12.6. The number of anilines is 1. The standard InChI is InChI=1S/C20H21N3O3/c1-13-6-5-7-16(8-13)23-14(2)9-19(22-23)21-20(24)15-10-17(25-3)12-18(11-15)26-4/h5-12H,1-4H3,(H,21,22,24). The molecule has 0 saturated heterocycles. The fraction of sp³-hybridized carbons (Fsp3) is 0.200. The molecule has 3 aromatic rings.